The quantitative estimate of drug-likeness (QED) is 0.580. The first-order valence-electron chi connectivity index (χ1n) is 7.62. The molecule has 132 valence electrons. The molecule has 0 radical (unpaired) electrons. The zero-order valence-electron chi connectivity index (χ0n) is 13.7. The molecule has 1 saturated heterocycles. The van der Waals surface area contributed by atoms with Gasteiger partial charge in [0.05, 0.1) is 12.4 Å². The van der Waals surface area contributed by atoms with E-state index < -0.39 is 28.2 Å². The molecule has 2 rings (SSSR count). The van der Waals surface area contributed by atoms with Crippen LogP contribution in [0.25, 0.3) is 0 Å². The second-order valence-corrected chi connectivity index (χ2v) is 7.37. The fraction of sp³-hybridized carbons (Fsp3) is 0.500. The lowest BCUT2D eigenvalue weighted by Gasteiger charge is -2.36. The Labute approximate surface area is 141 Å². The Morgan fingerprint density at radius 3 is 2.50 bits per heavy atom. The van der Waals surface area contributed by atoms with E-state index in [-0.39, 0.29) is 25.5 Å². The summed E-state index contributed by atoms with van der Waals surface area (Å²) in [6.07, 6.45) is 0.785. The minimum absolute atomic E-state index is 0.0967. The number of esters is 1. The predicted molar refractivity (Wildman–Crippen MR) is 86.4 cm³/mol. The minimum Gasteiger partial charge on any atom is -0.459 e. The maximum absolute atomic E-state index is 12.4. The number of benzene rings is 1. The molecule has 2 atom stereocenters. The molecule has 24 heavy (non-hydrogen) atoms. The molecule has 1 fully saturated rings. The highest BCUT2D eigenvalue weighted by atomic mass is 32.2. The highest BCUT2D eigenvalue weighted by Gasteiger charge is 2.37. The van der Waals surface area contributed by atoms with Gasteiger partial charge in [0.1, 0.15) is 12.6 Å². The van der Waals surface area contributed by atoms with E-state index in [0.29, 0.717) is 6.42 Å². The number of hydrogen-bond donors (Lipinski definition) is 0. The summed E-state index contributed by atoms with van der Waals surface area (Å²) in [5.74, 6) is -0.815. The number of nitrogens with zero attached hydrogens (tertiary/aromatic N) is 1. The highest BCUT2D eigenvalue weighted by Crippen LogP contribution is 2.23. The van der Waals surface area contributed by atoms with Gasteiger partial charge in [0.2, 0.25) is 5.91 Å². The summed E-state index contributed by atoms with van der Waals surface area (Å²) in [4.78, 5) is 25.5. The average molecular weight is 355 g/mol. The van der Waals surface area contributed by atoms with Crippen LogP contribution >= 0.6 is 0 Å². The summed E-state index contributed by atoms with van der Waals surface area (Å²) in [5, 5.41) is 0. The lowest BCUT2D eigenvalue weighted by atomic mass is 9.99. The standard InChI is InChI=1S/C16H21NO6S/c1-12(18)17-9-8-14(23-24(2,20)21)10-15(17)16(19)22-11-13-6-4-3-5-7-13/h3-7,14-15H,8-11H2,1-2H3/t14-,15-/m1/s1. The van der Waals surface area contributed by atoms with Crippen LogP contribution in [0.4, 0.5) is 0 Å². The predicted octanol–water partition coefficient (Wildman–Crippen LogP) is 1.09. The van der Waals surface area contributed by atoms with Gasteiger partial charge in [-0.2, -0.15) is 8.42 Å². The van der Waals surface area contributed by atoms with Crippen LogP contribution in [0.1, 0.15) is 25.3 Å². The van der Waals surface area contributed by atoms with Crippen molar-refractivity contribution in [2.24, 2.45) is 0 Å². The van der Waals surface area contributed by atoms with Crippen molar-refractivity contribution in [1.29, 1.82) is 0 Å². The molecule has 0 saturated carbocycles. The number of piperidine rings is 1. The molecular weight excluding hydrogens is 334 g/mol. The van der Waals surface area contributed by atoms with Crippen LogP contribution < -0.4 is 0 Å². The zero-order valence-corrected chi connectivity index (χ0v) is 14.5. The SMILES string of the molecule is CC(=O)N1CC[C@@H](OS(C)(=O)=O)C[C@@H]1C(=O)OCc1ccccc1. The maximum Gasteiger partial charge on any atom is 0.329 e. The average Bonchev–Trinajstić information content (AvgIpc) is 2.51. The van der Waals surface area contributed by atoms with E-state index in [1.165, 1.54) is 11.8 Å². The van der Waals surface area contributed by atoms with Crippen LogP contribution in [0.5, 0.6) is 0 Å². The normalized spacial score (nSPS) is 21.3. The summed E-state index contributed by atoms with van der Waals surface area (Å²) in [5.41, 5.74) is 0.833. The van der Waals surface area contributed by atoms with Gasteiger partial charge >= 0.3 is 5.97 Å². The third-order valence-electron chi connectivity index (χ3n) is 3.77. The Kier molecular flexibility index (Phi) is 5.95. The van der Waals surface area contributed by atoms with Gasteiger partial charge in [-0.3, -0.25) is 8.98 Å². The van der Waals surface area contributed by atoms with Crippen molar-refractivity contribution < 1.29 is 26.9 Å². The van der Waals surface area contributed by atoms with Crippen LogP contribution in [-0.2, 0) is 35.2 Å². The van der Waals surface area contributed by atoms with E-state index in [2.05, 4.69) is 0 Å². The van der Waals surface area contributed by atoms with E-state index in [1.54, 1.807) is 0 Å². The van der Waals surface area contributed by atoms with E-state index in [4.69, 9.17) is 8.92 Å². The largest absolute Gasteiger partial charge is 0.459 e. The molecule has 0 aromatic heterocycles. The Morgan fingerprint density at radius 1 is 1.25 bits per heavy atom. The summed E-state index contributed by atoms with van der Waals surface area (Å²) in [6.45, 7) is 1.72. The molecule has 0 aliphatic carbocycles. The number of amides is 1. The number of likely N-dealkylation sites (tertiary alicyclic amines) is 1. The van der Waals surface area contributed by atoms with Crippen molar-refractivity contribution >= 4 is 22.0 Å². The number of carbonyl (C=O) groups excluding carboxylic acids is 2. The third kappa shape index (κ3) is 5.31. The molecule has 0 bridgehead atoms. The van der Waals surface area contributed by atoms with Gasteiger partial charge in [-0.1, -0.05) is 30.3 Å². The fourth-order valence-corrected chi connectivity index (χ4v) is 3.36. The van der Waals surface area contributed by atoms with Crippen molar-refractivity contribution in [3.63, 3.8) is 0 Å². The lowest BCUT2D eigenvalue weighted by molar-refractivity contribution is -0.159. The lowest BCUT2D eigenvalue weighted by Crippen LogP contribution is -2.51. The number of carbonyl (C=O) groups is 2. The van der Waals surface area contributed by atoms with Crippen LogP contribution in [0, 0.1) is 0 Å². The first kappa shape index (κ1) is 18.4. The topological polar surface area (TPSA) is 90.0 Å². The highest BCUT2D eigenvalue weighted by molar-refractivity contribution is 7.86. The van der Waals surface area contributed by atoms with E-state index in [0.717, 1.165) is 11.8 Å². The molecular formula is C16H21NO6S. The van der Waals surface area contributed by atoms with Crippen molar-refractivity contribution in [1.82, 2.24) is 4.90 Å². The van der Waals surface area contributed by atoms with E-state index in [1.807, 2.05) is 30.3 Å². The second kappa shape index (κ2) is 7.76. The smallest absolute Gasteiger partial charge is 0.329 e. The molecule has 1 aliphatic heterocycles. The summed E-state index contributed by atoms with van der Waals surface area (Å²) < 4.78 is 32.8. The van der Waals surface area contributed by atoms with Crippen molar-refractivity contribution in [3.05, 3.63) is 35.9 Å². The van der Waals surface area contributed by atoms with E-state index >= 15 is 0 Å². The van der Waals surface area contributed by atoms with Gasteiger partial charge in [0.15, 0.2) is 0 Å². The number of ether oxygens (including phenoxy) is 1. The Bertz CT molecular complexity index is 688. The van der Waals surface area contributed by atoms with Gasteiger partial charge < -0.3 is 9.64 Å². The Balaban J connectivity index is 2.03. The third-order valence-corrected chi connectivity index (χ3v) is 4.39. The minimum atomic E-state index is -3.62. The van der Waals surface area contributed by atoms with Crippen LogP contribution in [0.2, 0.25) is 0 Å². The Hall–Kier alpha value is -1.93. The molecule has 0 spiro atoms. The number of hydrogen-bond acceptors (Lipinski definition) is 6. The Morgan fingerprint density at radius 2 is 1.92 bits per heavy atom. The molecule has 1 aliphatic rings. The van der Waals surface area contributed by atoms with Crippen molar-refractivity contribution in [2.45, 2.75) is 38.5 Å². The molecule has 1 aromatic carbocycles. The molecule has 0 N–H and O–H groups in total. The van der Waals surface area contributed by atoms with Crippen LogP contribution in [0.15, 0.2) is 30.3 Å². The monoisotopic (exact) mass is 355 g/mol. The van der Waals surface area contributed by atoms with Crippen LogP contribution in [0.3, 0.4) is 0 Å². The molecule has 1 aromatic rings. The molecule has 8 heteroatoms. The van der Waals surface area contributed by atoms with Crippen LogP contribution in [-0.4, -0.2) is 50.1 Å². The van der Waals surface area contributed by atoms with Gasteiger partial charge in [-0.25, -0.2) is 4.79 Å². The summed E-state index contributed by atoms with van der Waals surface area (Å²) in [7, 11) is -3.62. The summed E-state index contributed by atoms with van der Waals surface area (Å²) >= 11 is 0. The molecule has 0 unspecified atom stereocenters. The van der Waals surface area contributed by atoms with Gasteiger partial charge in [0, 0.05) is 19.9 Å². The van der Waals surface area contributed by atoms with Crippen molar-refractivity contribution in [3.8, 4) is 0 Å². The first-order valence-corrected chi connectivity index (χ1v) is 9.44. The molecule has 1 amide bonds. The zero-order chi connectivity index (χ0) is 17.7. The molecule has 7 nitrogen and oxygen atoms in total. The maximum atomic E-state index is 12.4. The fourth-order valence-electron chi connectivity index (χ4n) is 2.69. The van der Waals surface area contributed by atoms with Gasteiger partial charge in [-0.15, -0.1) is 0 Å². The summed E-state index contributed by atoms with van der Waals surface area (Å²) in [6, 6.07) is 8.34. The number of rotatable bonds is 5. The van der Waals surface area contributed by atoms with Gasteiger partial charge in [0.25, 0.3) is 10.1 Å². The van der Waals surface area contributed by atoms with Crippen molar-refractivity contribution in [2.75, 3.05) is 12.8 Å². The van der Waals surface area contributed by atoms with E-state index in [9.17, 15) is 18.0 Å². The first-order chi connectivity index (χ1) is 11.3. The van der Waals surface area contributed by atoms with Gasteiger partial charge in [-0.05, 0) is 12.0 Å². The molecule has 1 heterocycles. The second-order valence-electron chi connectivity index (χ2n) is 5.77.